The van der Waals surface area contributed by atoms with Crippen molar-refractivity contribution in [2.45, 2.75) is 6.36 Å². The Labute approximate surface area is 126 Å². The van der Waals surface area contributed by atoms with Crippen LogP contribution in [0.15, 0.2) is 29.3 Å². The topological polar surface area (TPSA) is 78.1 Å². The molecule has 0 bridgehead atoms. The third-order valence-electron chi connectivity index (χ3n) is 2.31. The smallest absolute Gasteiger partial charge is 0.406 e. The van der Waals surface area contributed by atoms with E-state index in [4.69, 9.17) is 15.2 Å². The van der Waals surface area contributed by atoms with Crippen molar-refractivity contribution in [2.75, 3.05) is 38.8 Å². The van der Waals surface area contributed by atoms with Gasteiger partial charge in [0.2, 0.25) is 0 Å². The van der Waals surface area contributed by atoms with Gasteiger partial charge in [-0.1, -0.05) is 0 Å². The summed E-state index contributed by atoms with van der Waals surface area (Å²) >= 11 is 0. The van der Waals surface area contributed by atoms with Crippen LogP contribution in [0, 0.1) is 0 Å². The van der Waals surface area contributed by atoms with E-state index >= 15 is 0 Å². The molecule has 3 N–H and O–H groups in total. The van der Waals surface area contributed by atoms with Gasteiger partial charge in [-0.05, 0) is 24.3 Å². The Balaban J connectivity index is 2.36. The molecule has 0 unspecified atom stereocenters. The molecule has 0 spiro atoms. The van der Waals surface area contributed by atoms with Crippen molar-refractivity contribution in [3.05, 3.63) is 24.3 Å². The summed E-state index contributed by atoms with van der Waals surface area (Å²) in [5.41, 5.74) is 6.13. The maximum absolute atomic E-state index is 12.0. The maximum atomic E-state index is 12.0. The lowest BCUT2D eigenvalue weighted by Crippen LogP contribution is -2.23. The second-order valence-corrected chi connectivity index (χ2v) is 4.07. The number of anilines is 1. The maximum Gasteiger partial charge on any atom is 0.573 e. The minimum Gasteiger partial charge on any atom is -0.406 e. The van der Waals surface area contributed by atoms with Crippen LogP contribution in [0.1, 0.15) is 0 Å². The standard InChI is InChI=1S/C13H18F3N3O3/c1-20-8-9-21-7-6-18-12(17)19-10-2-4-11(5-3-10)22-13(14,15)16/h2-5H,6-9H2,1H3,(H3,17,18,19). The summed E-state index contributed by atoms with van der Waals surface area (Å²) in [5, 5.41) is 2.74. The minimum atomic E-state index is -4.71. The van der Waals surface area contributed by atoms with Crippen molar-refractivity contribution in [2.24, 2.45) is 10.7 Å². The van der Waals surface area contributed by atoms with Crippen LogP contribution in [0.3, 0.4) is 0 Å². The summed E-state index contributed by atoms with van der Waals surface area (Å²) in [7, 11) is 1.58. The van der Waals surface area contributed by atoms with E-state index in [1.165, 1.54) is 24.3 Å². The second-order valence-electron chi connectivity index (χ2n) is 4.07. The summed E-state index contributed by atoms with van der Waals surface area (Å²) in [6, 6.07) is 5.16. The Hall–Kier alpha value is -2.00. The normalized spacial score (nSPS) is 12.3. The molecule has 22 heavy (non-hydrogen) atoms. The SMILES string of the molecule is COCCOCCN=C(N)Nc1ccc(OC(F)(F)F)cc1. The Morgan fingerprint density at radius 3 is 2.45 bits per heavy atom. The largest absolute Gasteiger partial charge is 0.573 e. The summed E-state index contributed by atoms with van der Waals surface area (Å²) in [6.45, 7) is 1.73. The third kappa shape index (κ3) is 8.32. The number of hydrogen-bond donors (Lipinski definition) is 2. The molecule has 0 heterocycles. The van der Waals surface area contributed by atoms with Crippen LogP contribution in [0.5, 0.6) is 5.75 Å². The Morgan fingerprint density at radius 2 is 1.86 bits per heavy atom. The predicted molar refractivity (Wildman–Crippen MR) is 75.9 cm³/mol. The highest BCUT2D eigenvalue weighted by Crippen LogP contribution is 2.23. The van der Waals surface area contributed by atoms with Gasteiger partial charge in [-0.15, -0.1) is 13.2 Å². The number of nitrogens with one attached hydrogen (secondary N) is 1. The number of alkyl halides is 3. The lowest BCUT2D eigenvalue weighted by atomic mass is 10.3. The van der Waals surface area contributed by atoms with Gasteiger partial charge in [0.25, 0.3) is 0 Å². The van der Waals surface area contributed by atoms with Crippen LogP contribution < -0.4 is 15.8 Å². The van der Waals surface area contributed by atoms with E-state index < -0.39 is 6.36 Å². The number of nitrogens with two attached hydrogens (primary N) is 1. The number of hydrogen-bond acceptors (Lipinski definition) is 4. The molecule has 6 nitrogen and oxygen atoms in total. The predicted octanol–water partition coefficient (Wildman–Crippen LogP) is 1.97. The molecule has 0 amide bonds. The van der Waals surface area contributed by atoms with E-state index in [9.17, 15) is 13.2 Å². The number of benzene rings is 1. The molecule has 9 heteroatoms. The second kappa shape index (κ2) is 9.11. The van der Waals surface area contributed by atoms with Crippen LogP contribution in [0.2, 0.25) is 0 Å². The first-order valence-electron chi connectivity index (χ1n) is 6.40. The zero-order chi connectivity index (χ0) is 16.4. The quantitative estimate of drug-likeness (QED) is 0.435. The van der Waals surface area contributed by atoms with E-state index in [-0.39, 0.29) is 11.7 Å². The highest BCUT2D eigenvalue weighted by Gasteiger charge is 2.30. The van der Waals surface area contributed by atoms with Gasteiger partial charge in [0.1, 0.15) is 5.75 Å². The summed E-state index contributed by atoms with van der Waals surface area (Å²) in [6.07, 6.45) is -4.71. The lowest BCUT2D eigenvalue weighted by molar-refractivity contribution is -0.274. The van der Waals surface area contributed by atoms with E-state index in [0.717, 1.165) is 0 Å². The fraction of sp³-hybridized carbons (Fsp3) is 0.462. The molecular weight excluding hydrogens is 303 g/mol. The number of guanidine groups is 1. The molecule has 0 fully saturated rings. The minimum absolute atomic E-state index is 0.139. The van der Waals surface area contributed by atoms with Gasteiger partial charge in [0.15, 0.2) is 5.96 Å². The molecule has 0 radical (unpaired) electrons. The highest BCUT2D eigenvalue weighted by atomic mass is 19.4. The van der Waals surface area contributed by atoms with E-state index in [0.29, 0.717) is 32.1 Å². The van der Waals surface area contributed by atoms with Crippen molar-refractivity contribution in [3.63, 3.8) is 0 Å². The van der Waals surface area contributed by atoms with Gasteiger partial charge in [-0.25, -0.2) is 0 Å². The molecule has 0 aliphatic rings. The summed E-state index contributed by atoms with van der Waals surface area (Å²) < 4.78 is 49.8. The Morgan fingerprint density at radius 1 is 1.18 bits per heavy atom. The van der Waals surface area contributed by atoms with Crippen LogP contribution in [0.25, 0.3) is 0 Å². The van der Waals surface area contributed by atoms with Gasteiger partial charge < -0.3 is 25.3 Å². The average Bonchev–Trinajstić information content (AvgIpc) is 2.43. The van der Waals surface area contributed by atoms with Crippen molar-refractivity contribution in [3.8, 4) is 5.75 Å². The van der Waals surface area contributed by atoms with Crippen molar-refractivity contribution < 1.29 is 27.4 Å². The molecule has 1 aromatic rings. The third-order valence-corrected chi connectivity index (χ3v) is 2.31. The first-order chi connectivity index (χ1) is 10.4. The zero-order valence-electron chi connectivity index (χ0n) is 12.0. The lowest BCUT2D eigenvalue weighted by Gasteiger charge is -2.10. The highest BCUT2D eigenvalue weighted by molar-refractivity contribution is 5.92. The number of halogens is 3. The Kier molecular flexibility index (Phi) is 7.47. The molecule has 0 atom stereocenters. The van der Waals surface area contributed by atoms with E-state index in [1.54, 1.807) is 7.11 Å². The van der Waals surface area contributed by atoms with Crippen LogP contribution in [-0.4, -0.2) is 45.8 Å². The molecule has 124 valence electrons. The van der Waals surface area contributed by atoms with Crippen molar-refractivity contribution >= 4 is 11.6 Å². The number of nitrogens with zero attached hydrogens (tertiary/aromatic N) is 1. The molecule has 0 saturated carbocycles. The fourth-order valence-corrected chi connectivity index (χ4v) is 1.40. The summed E-state index contributed by atoms with van der Waals surface area (Å²) in [4.78, 5) is 4.01. The van der Waals surface area contributed by atoms with Crippen LogP contribution in [0.4, 0.5) is 18.9 Å². The number of methoxy groups -OCH3 is 1. The number of ether oxygens (including phenoxy) is 3. The molecule has 1 aromatic carbocycles. The van der Waals surface area contributed by atoms with Gasteiger partial charge >= 0.3 is 6.36 Å². The van der Waals surface area contributed by atoms with Crippen LogP contribution >= 0.6 is 0 Å². The van der Waals surface area contributed by atoms with E-state index in [1.807, 2.05) is 0 Å². The molecule has 0 aliphatic heterocycles. The zero-order valence-corrected chi connectivity index (χ0v) is 12.0. The van der Waals surface area contributed by atoms with Gasteiger partial charge in [-0.3, -0.25) is 4.99 Å². The van der Waals surface area contributed by atoms with Crippen LogP contribution in [-0.2, 0) is 9.47 Å². The fourth-order valence-electron chi connectivity index (χ4n) is 1.40. The summed E-state index contributed by atoms with van der Waals surface area (Å²) in [5.74, 6) is -0.167. The van der Waals surface area contributed by atoms with E-state index in [2.05, 4.69) is 15.0 Å². The molecule has 0 aliphatic carbocycles. The van der Waals surface area contributed by atoms with Gasteiger partial charge in [0.05, 0.1) is 26.4 Å². The Bertz CT molecular complexity index is 464. The monoisotopic (exact) mass is 321 g/mol. The molecular formula is C13H18F3N3O3. The molecule has 1 rings (SSSR count). The van der Waals surface area contributed by atoms with Crippen molar-refractivity contribution in [1.29, 1.82) is 0 Å². The molecule has 0 aromatic heterocycles. The number of rotatable bonds is 8. The van der Waals surface area contributed by atoms with Crippen molar-refractivity contribution in [1.82, 2.24) is 0 Å². The van der Waals surface area contributed by atoms with Gasteiger partial charge in [0, 0.05) is 12.8 Å². The average molecular weight is 321 g/mol. The first-order valence-corrected chi connectivity index (χ1v) is 6.40. The number of aliphatic imine (C=N–C) groups is 1. The van der Waals surface area contributed by atoms with Gasteiger partial charge in [-0.2, -0.15) is 0 Å². The first kappa shape index (κ1) is 18.1. The molecule has 0 saturated heterocycles.